The summed E-state index contributed by atoms with van der Waals surface area (Å²) in [6, 6.07) is 9.78. The molecule has 0 saturated heterocycles. The van der Waals surface area contributed by atoms with Gasteiger partial charge in [0.05, 0.1) is 16.7 Å². The highest BCUT2D eigenvalue weighted by molar-refractivity contribution is 6.30. The molecule has 0 radical (unpaired) electrons. The summed E-state index contributed by atoms with van der Waals surface area (Å²) in [6.45, 7) is -0.0662. The van der Waals surface area contributed by atoms with Crippen LogP contribution in [0.25, 0.3) is 0 Å². The maximum atomic E-state index is 13.5. The van der Waals surface area contributed by atoms with E-state index in [0.717, 1.165) is 0 Å². The third-order valence-electron chi connectivity index (χ3n) is 2.46. The molecule has 0 heterocycles. The van der Waals surface area contributed by atoms with Crippen molar-refractivity contribution in [2.75, 3.05) is 0 Å². The molecule has 2 aromatic rings. The number of benzene rings is 2. The molecule has 0 aliphatic carbocycles. The standard InChI is InChI=1S/C14H8ClF2NO/c15-12-6-11(2-4-14(12)17)19-8-10-5-9(7-18)1-3-13(10)16/h1-6H,8H2. The lowest BCUT2D eigenvalue weighted by molar-refractivity contribution is 0.299. The minimum atomic E-state index is -0.549. The fourth-order valence-corrected chi connectivity index (χ4v) is 1.65. The highest BCUT2D eigenvalue weighted by atomic mass is 35.5. The third kappa shape index (κ3) is 3.21. The first kappa shape index (κ1) is 13.3. The Bertz CT molecular complexity index is 652. The van der Waals surface area contributed by atoms with E-state index in [1.54, 1.807) is 0 Å². The lowest BCUT2D eigenvalue weighted by Gasteiger charge is -2.08. The average Bonchev–Trinajstić information content (AvgIpc) is 2.41. The van der Waals surface area contributed by atoms with Gasteiger partial charge in [0.25, 0.3) is 0 Å². The summed E-state index contributed by atoms with van der Waals surface area (Å²) in [7, 11) is 0. The molecule has 0 N–H and O–H groups in total. The van der Waals surface area contributed by atoms with E-state index in [1.165, 1.54) is 36.4 Å². The molecule has 96 valence electrons. The topological polar surface area (TPSA) is 33.0 Å². The number of nitrogens with zero attached hydrogens (tertiary/aromatic N) is 1. The molecule has 2 rings (SSSR count). The number of halogens is 3. The quantitative estimate of drug-likeness (QED) is 0.848. The van der Waals surface area contributed by atoms with Crippen LogP contribution in [0, 0.1) is 23.0 Å². The van der Waals surface area contributed by atoms with Gasteiger partial charge in [-0.2, -0.15) is 5.26 Å². The molecule has 0 fully saturated rings. The molecule has 2 nitrogen and oxygen atoms in total. The minimum Gasteiger partial charge on any atom is -0.489 e. The van der Waals surface area contributed by atoms with E-state index in [1.807, 2.05) is 6.07 Å². The van der Waals surface area contributed by atoms with Crippen LogP contribution in [-0.2, 0) is 6.61 Å². The first-order valence-electron chi connectivity index (χ1n) is 5.36. The second-order valence-corrected chi connectivity index (χ2v) is 4.19. The number of hydrogen-bond donors (Lipinski definition) is 0. The van der Waals surface area contributed by atoms with E-state index >= 15 is 0 Å². The average molecular weight is 280 g/mol. The molecule has 5 heteroatoms. The van der Waals surface area contributed by atoms with Gasteiger partial charge in [0.2, 0.25) is 0 Å². The Labute approximate surface area is 113 Å². The lowest BCUT2D eigenvalue weighted by atomic mass is 10.1. The fraction of sp³-hybridized carbons (Fsp3) is 0.0714. The Morgan fingerprint density at radius 3 is 2.53 bits per heavy atom. The van der Waals surface area contributed by atoms with Gasteiger partial charge in [0, 0.05) is 11.6 Å². The van der Waals surface area contributed by atoms with E-state index in [9.17, 15) is 8.78 Å². The molecule has 2 aromatic carbocycles. The predicted octanol–water partition coefficient (Wildman–Crippen LogP) is 4.07. The van der Waals surface area contributed by atoms with Gasteiger partial charge in [-0.1, -0.05) is 11.6 Å². The SMILES string of the molecule is N#Cc1ccc(F)c(COc2ccc(F)c(Cl)c2)c1. The number of nitriles is 1. The maximum absolute atomic E-state index is 13.5. The Morgan fingerprint density at radius 1 is 1.11 bits per heavy atom. The van der Waals surface area contributed by atoms with Crippen molar-refractivity contribution in [3.63, 3.8) is 0 Å². The smallest absolute Gasteiger partial charge is 0.142 e. The van der Waals surface area contributed by atoms with Crippen molar-refractivity contribution >= 4 is 11.6 Å². The summed E-state index contributed by atoms with van der Waals surface area (Å²) in [6.07, 6.45) is 0. The van der Waals surface area contributed by atoms with E-state index in [0.29, 0.717) is 11.3 Å². The van der Waals surface area contributed by atoms with Crippen molar-refractivity contribution in [2.24, 2.45) is 0 Å². The van der Waals surface area contributed by atoms with Crippen molar-refractivity contribution < 1.29 is 13.5 Å². The maximum Gasteiger partial charge on any atom is 0.142 e. The Kier molecular flexibility index (Phi) is 3.98. The summed E-state index contributed by atoms with van der Waals surface area (Å²) in [5.74, 6) is -0.688. The Balaban J connectivity index is 2.14. The van der Waals surface area contributed by atoms with Gasteiger partial charge in [-0.3, -0.25) is 0 Å². The van der Waals surface area contributed by atoms with E-state index in [4.69, 9.17) is 21.6 Å². The summed E-state index contributed by atoms with van der Waals surface area (Å²) >= 11 is 5.60. The van der Waals surface area contributed by atoms with Crippen molar-refractivity contribution in [3.8, 4) is 11.8 Å². The van der Waals surface area contributed by atoms with Gasteiger partial charge in [-0.15, -0.1) is 0 Å². The van der Waals surface area contributed by atoms with Gasteiger partial charge in [-0.25, -0.2) is 8.78 Å². The first-order chi connectivity index (χ1) is 9.10. The highest BCUT2D eigenvalue weighted by Gasteiger charge is 2.06. The van der Waals surface area contributed by atoms with Crippen LogP contribution in [0.3, 0.4) is 0 Å². The molecule has 0 aliphatic rings. The lowest BCUT2D eigenvalue weighted by Crippen LogP contribution is -1.99. The first-order valence-corrected chi connectivity index (χ1v) is 5.74. The van der Waals surface area contributed by atoms with Gasteiger partial charge >= 0.3 is 0 Å². The van der Waals surface area contributed by atoms with Crippen molar-refractivity contribution in [1.82, 2.24) is 0 Å². The largest absolute Gasteiger partial charge is 0.489 e. The molecular weight excluding hydrogens is 272 g/mol. The molecule has 0 aliphatic heterocycles. The van der Waals surface area contributed by atoms with E-state index in [-0.39, 0.29) is 17.2 Å². The monoisotopic (exact) mass is 279 g/mol. The summed E-state index contributed by atoms with van der Waals surface area (Å²) < 4.78 is 31.7. The van der Waals surface area contributed by atoms with Crippen LogP contribution >= 0.6 is 11.6 Å². The van der Waals surface area contributed by atoms with Crippen molar-refractivity contribution in [1.29, 1.82) is 5.26 Å². The van der Waals surface area contributed by atoms with Crippen molar-refractivity contribution in [3.05, 3.63) is 64.2 Å². The van der Waals surface area contributed by atoms with Gasteiger partial charge in [0.1, 0.15) is 24.0 Å². The fourth-order valence-electron chi connectivity index (χ4n) is 1.48. The highest BCUT2D eigenvalue weighted by Crippen LogP contribution is 2.22. The molecule has 0 aromatic heterocycles. The second kappa shape index (κ2) is 5.68. The van der Waals surface area contributed by atoms with Crippen LogP contribution in [0.5, 0.6) is 5.75 Å². The van der Waals surface area contributed by atoms with Gasteiger partial charge < -0.3 is 4.74 Å². The number of ether oxygens (including phenoxy) is 1. The third-order valence-corrected chi connectivity index (χ3v) is 2.75. The van der Waals surface area contributed by atoms with Crippen LogP contribution < -0.4 is 4.74 Å². The molecule has 0 spiro atoms. The Hall–Kier alpha value is -2.12. The van der Waals surface area contributed by atoms with Crippen LogP contribution in [0.1, 0.15) is 11.1 Å². The second-order valence-electron chi connectivity index (χ2n) is 3.78. The molecule has 0 unspecified atom stereocenters. The van der Waals surface area contributed by atoms with E-state index in [2.05, 4.69) is 0 Å². The number of rotatable bonds is 3. The van der Waals surface area contributed by atoms with Gasteiger partial charge in [0.15, 0.2) is 0 Å². The van der Waals surface area contributed by atoms with Crippen LogP contribution in [0.4, 0.5) is 8.78 Å². The molecule has 19 heavy (non-hydrogen) atoms. The Morgan fingerprint density at radius 2 is 1.84 bits per heavy atom. The molecule has 0 amide bonds. The summed E-state index contributed by atoms with van der Waals surface area (Å²) in [4.78, 5) is 0. The minimum absolute atomic E-state index is 0.0660. The number of hydrogen-bond acceptors (Lipinski definition) is 2. The zero-order chi connectivity index (χ0) is 13.8. The molecule has 0 bridgehead atoms. The van der Waals surface area contributed by atoms with Crippen LogP contribution in [-0.4, -0.2) is 0 Å². The van der Waals surface area contributed by atoms with E-state index < -0.39 is 11.6 Å². The van der Waals surface area contributed by atoms with Gasteiger partial charge in [-0.05, 0) is 30.3 Å². The predicted molar refractivity (Wildman–Crippen MR) is 66.9 cm³/mol. The zero-order valence-corrected chi connectivity index (χ0v) is 10.4. The summed E-state index contributed by atoms with van der Waals surface area (Å²) in [5, 5.41) is 8.67. The summed E-state index contributed by atoms with van der Waals surface area (Å²) in [5.41, 5.74) is 0.594. The van der Waals surface area contributed by atoms with Crippen LogP contribution in [0.2, 0.25) is 5.02 Å². The molecule has 0 atom stereocenters. The zero-order valence-electron chi connectivity index (χ0n) is 9.66. The normalized spacial score (nSPS) is 10.0. The molecular formula is C14H8ClF2NO. The molecule has 0 saturated carbocycles. The van der Waals surface area contributed by atoms with Crippen molar-refractivity contribution in [2.45, 2.75) is 6.61 Å². The van der Waals surface area contributed by atoms with Crippen LogP contribution in [0.15, 0.2) is 36.4 Å².